The third-order valence-corrected chi connectivity index (χ3v) is 3.11. The van der Waals surface area contributed by atoms with Gasteiger partial charge in [-0.3, -0.25) is 0 Å². The average molecular weight is 223 g/mol. The highest BCUT2D eigenvalue weighted by molar-refractivity contribution is 5.90. The van der Waals surface area contributed by atoms with E-state index in [1.54, 1.807) is 0 Å². The van der Waals surface area contributed by atoms with Crippen molar-refractivity contribution in [3.8, 4) is 0 Å². The molecule has 0 saturated heterocycles. The quantitative estimate of drug-likeness (QED) is 0.837. The number of carbonyl (C=O) groups is 1. The van der Waals surface area contributed by atoms with Crippen LogP contribution < -0.4 is 0 Å². The Morgan fingerprint density at radius 2 is 2.06 bits per heavy atom. The Bertz CT molecular complexity index is 410. The zero-order valence-electron chi connectivity index (χ0n) is 9.91. The molecule has 0 aromatic carbocycles. The molecule has 1 saturated carbocycles. The lowest BCUT2D eigenvalue weighted by molar-refractivity contribution is 0.0690. The summed E-state index contributed by atoms with van der Waals surface area (Å²) in [6, 6.07) is 0. The van der Waals surface area contributed by atoms with E-state index in [-0.39, 0.29) is 16.9 Å². The van der Waals surface area contributed by atoms with Gasteiger partial charge in [-0.25, -0.2) is 4.79 Å². The molecule has 0 atom stereocenters. The van der Waals surface area contributed by atoms with E-state index in [1.165, 1.54) is 0 Å². The number of rotatable bonds is 2. The van der Waals surface area contributed by atoms with E-state index in [1.807, 2.05) is 20.8 Å². The third kappa shape index (κ3) is 1.72. The molecule has 1 aromatic heterocycles. The van der Waals surface area contributed by atoms with Gasteiger partial charge in [0.25, 0.3) is 0 Å². The summed E-state index contributed by atoms with van der Waals surface area (Å²) in [5.74, 6) is -0.152. The van der Waals surface area contributed by atoms with E-state index in [0.29, 0.717) is 11.5 Å². The molecule has 2 rings (SSSR count). The molecule has 4 heteroatoms. The van der Waals surface area contributed by atoms with Crippen LogP contribution in [-0.4, -0.2) is 16.2 Å². The lowest BCUT2D eigenvalue weighted by Crippen LogP contribution is -2.18. The lowest BCUT2D eigenvalue weighted by atomic mass is 9.79. The SMILES string of the molecule is CC(C)(C)c1onc(C2CCC2)c1C(=O)O. The molecule has 1 aromatic rings. The Labute approximate surface area is 94.6 Å². The molecule has 0 spiro atoms. The largest absolute Gasteiger partial charge is 0.477 e. The molecule has 0 radical (unpaired) electrons. The summed E-state index contributed by atoms with van der Waals surface area (Å²) in [7, 11) is 0. The predicted molar refractivity (Wildman–Crippen MR) is 58.8 cm³/mol. The lowest BCUT2D eigenvalue weighted by Gasteiger charge is -2.23. The summed E-state index contributed by atoms with van der Waals surface area (Å²) in [6.07, 6.45) is 3.20. The van der Waals surface area contributed by atoms with Gasteiger partial charge in [-0.2, -0.15) is 0 Å². The van der Waals surface area contributed by atoms with Crippen molar-refractivity contribution in [2.45, 2.75) is 51.4 Å². The number of hydrogen-bond acceptors (Lipinski definition) is 3. The van der Waals surface area contributed by atoms with Crippen molar-refractivity contribution in [2.75, 3.05) is 0 Å². The summed E-state index contributed by atoms with van der Waals surface area (Å²) < 4.78 is 5.25. The Kier molecular flexibility index (Phi) is 2.52. The number of carboxylic acids is 1. The van der Waals surface area contributed by atoms with E-state index in [0.717, 1.165) is 19.3 Å². The molecule has 16 heavy (non-hydrogen) atoms. The summed E-state index contributed by atoms with van der Waals surface area (Å²) in [5, 5.41) is 13.2. The summed E-state index contributed by atoms with van der Waals surface area (Å²) in [5.41, 5.74) is 0.615. The fourth-order valence-corrected chi connectivity index (χ4v) is 1.98. The molecule has 0 bridgehead atoms. The number of carboxylic acid groups (broad SMARTS) is 1. The van der Waals surface area contributed by atoms with E-state index in [4.69, 9.17) is 4.52 Å². The number of hydrogen-bond donors (Lipinski definition) is 1. The minimum absolute atomic E-state index is 0.283. The van der Waals surface area contributed by atoms with Gasteiger partial charge in [-0.05, 0) is 12.8 Å². The van der Waals surface area contributed by atoms with Crippen LogP contribution in [0, 0.1) is 0 Å². The average Bonchev–Trinajstić information content (AvgIpc) is 2.43. The monoisotopic (exact) mass is 223 g/mol. The van der Waals surface area contributed by atoms with Crippen molar-refractivity contribution in [1.29, 1.82) is 0 Å². The van der Waals surface area contributed by atoms with Crippen molar-refractivity contribution in [3.05, 3.63) is 17.0 Å². The van der Waals surface area contributed by atoms with E-state index in [2.05, 4.69) is 5.16 Å². The van der Waals surface area contributed by atoms with E-state index in [9.17, 15) is 9.90 Å². The summed E-state index contributed by atoms with van der Waals surface area (Å²) in [4.78, 5) is 11.3. The van der Waals surface area contributed by atoms with Gasteiger partial charge in [0.2, 0.25) is 0 Å². The van der Waals surface area contributed by atoms with E-state index < -0.39 is 5.97 Å². The van der Waals surface area contributed by atoms with Crippen molar-refractivity contribution in [2.24, 2.45) is 0 Å². The Balaban J connectivity index is 2.47. The molecule has 1 fully saturated rings. The first-order valence-electron chi connectivity index (χ1n) is 5.64. The van der Waals surface area contributed by atoms with Crippen molar-refractivity contribution in [1.82, 2.24) is 5.16 Å². The molecule has 0 amide bonds. The van der Waals surface area contributed by atoms with Crippen LogP contribution in [0.4, 0.5) is 0 Å². The minimum atomic E-state index is -0.923. The van der Waals surface area contributed by atoms with Crippen LogP contribution in [0.15, 0.2) is 4.52 Å². The molecule has 88 valence electrons. The molecular weight excluding hydrogens is 206 g/mol. The number of aromatic nitrogens is 1. The maximum Gasteiger partial charge on any atom is 0.341 e. The molecular formula is C12H17NO3. The maximum absolute atomic E-state index is 11.3. The number of nitrogens with zero attached hydrogens (tertiary/aromatic N) is 1. The predicted octanol–water partition coefficient (Wildman–Crippen LogP) is 2.94. The van der Waals surface area contributed by atoms with Gasteiger partial charge in [0.1, 0.15) is 11.3 Å². The van der Waals surface area contributed by atoms with Gasteiger partial charge < -0.3 is 9.63 Å². The Hall–Kier alpha value is -1.32. The van der Waals surface area contributed by atoms with Crippen LogP contribution >= 0.6 is 0 Å². The normalized spacial score (nSPS) is 17.2. The Morgan fingerprint density at radius 3 is 2.44 bits per heavy atom. The highest BCUT2D eigenvalue weighted by atomic mass is 16.5. The molecule has 1 aliphatic carbocycles. The van der Waals surface area contributed by atoms with Crippen LogP contribution in [-0.2, 0) is 5.41 Å². The highest BCUT2D eigenvalue weighted by Gasteiger charge is 2.35. The van der Waals surface area contributed by atoms with Crippen molar-refractivity contribution < 1.29 is 14.4 Å². The highest BCUT2D eigenvalue weighted by Crippen LogP contribution is 2.40. The second-order valence-electron chi connectivity index (χ2n) is 5.45. The van der Waals surface area contributed by atoms with Crippen molar-refractivity contribution in [3.63, 3.8) is 0 Å². The van der Waals surface area contributed by atoms with Crippen LogP contribution in [0.25, 0.3) is 0 Å². The van der Waals surface area contributed by atoms with Gasteiger partial charge in [0.15, 0.2) is 5.76 Å². The standard InChI is InChI=1S/C12H17NO3/c1-12(2,3)10-8(11(14)15)9(13-16-10)7-5-4-6-7/h7H,4-6H2,1-3H3,(H,14,15). The molecule has 1 aliphatic rings. The van der Waals surface area contributed by atoms with Gasteiger partial charge >= 0.3 is 5.97 Å². The molecule has 4 nitrogen and oxygen atoms in total. The van der Waals surface area contributed by atoms with Crippen molar-refractivity contribution >= 4 is 5.97 Å². The number of aromatic carboxylic acids is 1. The second kappa shape index (κ2) is 3.61. The van der Waals surface area contributed by atoms with Gasteiger partial charge in [0, 0.05) is 11.3 Å². The molecule has 0 aliphatic heterocycles. The first-order valence-corrected chi connectivity index (χ1v) is 5.64. The second-order valence-corrected chi connectivity index (χ2v) is 5.45. The van der Waals surface area contributed by atoms with Crippen LogP contribution in [0.3, 0.4) is 0 Å². The van der Waals surface area contributed by atoms with Crippen LogP contribution in [0.1, 0.15) is 67.8 Å². The third-order valence-electron chi connectivity index (χ3n) is 3.11. The van der Waals surface area contributed by atoms with Gasteiger partial charge in [-0.1, -0.05) is 32.3 Å². The first-order chi connectivity index (χ1) is 7.41. The molecule has 0 unspecified atom stereocenters. The fraction of sp³-hybridized carbons (Fsp3) is 0.667. The molecule has 1 N–H and O–H groups in total. The van der Waals surface area contributed by atoms with Crippen LogP contribution in [0.5, 0.6) is 0 Å². The van der Waals surface area contributed by atoms with Crippen LogP contribution in [0.2, 0.25) is 0 Å². The minimum Gasteiger partial charge on any atom is -0.477 e. The topological polar surface area (TPSA) is 63.3 Å². The maximum atomic E-state index is 11.3. The smallest absolute Gasteiger partial charge is 0.341 e. The van der Waals surface area contributed by atoms with Gasteiger partial charge in [-0.15, -0.1) is 0 Å². The summed E-state index contributed by atoms with van der Waals surface area (Å²) in [6.45, 7) is 5.81. The Morgan fingerprint density at radius 1 is 1.44 bits per heavy atom. The first kappa shape index (κ1) is 11.2. The zero-order chi connectivity index (χ0) is 11.9. The van der Waals surface area contributed by atoms with Gasteiger partial charge in [0.05, 0.1) is 0 Å². The zero-order valence-corrected chi connectivity index (χ0v) is 9.91. The summed E-state index contributed by atoms with van der Waals surface area (Å²) >= 11 is 0. The fourth-order valence-electron chi connectivity index (χ4n) is 1.98. The molecule has 1 heterocycles. The van der Waals surface area contributed by atoms with E-state index >= 15 is 0 Å².